The Kier molecular flexibility index (Phi) is 2.19. The van der Waals surface area contributed by atoms with Crippen LogP contribution in [0.2, 0.25) is 0 Å². The molecule has 0 aliphatic carbocycles. The highest BCUT2D eigenvalue weighted by molar-refractivity contribution is 6.37. The fraction of sp³-hybridized carbons (Fsp3) is 0. The van der Waals surface area contributed by atoms with E-state index in [2.05, 4.69) is 0 Å². The van der Waals surface area contributed by atoms with Gasteiger partial charge >= 0.3 is 0 Å². The van der Waals surface area contributed by atoms with Crippen molar-refractivity contribution in [3.63, 3.8) is 0 Å². The third-order valence-corrected chi connectivity index (χ3v) is 8.62. The molecule has 0 bridgehead atoms. The number of benzene rings is 10. The Morgan fingerprint density at radius 3 is 1.12 bits per heavy atom. The monoisotopic (exact) mass is 632 g/mol. The first-order valence-corrected chi connectivity index (χ1v) is 14.5. The third-order valence-electron chi connectivity index (χ3n) is 8.62. The van der Waals surface area contributed by atoms with Gasteiger partial charge in [-0.1, -0.05) is 157 Å². The van der Waals surface area contributed by atoms with Crippen molar-refractivity contribution in [1.82, 2.24) is 0 Å². The molecule has 0 atom stereocenters. The zero-order chi connectivity index (χ0) is 55.7. The topological polar surface area (TPSA) is 0 Å². The van der Waals surface area contributed by atoms with Crippen LogP contribution in [-0.4, -0.2) is 0 Å². The summed E-state index contributed by atoms with van der Waals surface area (Å²) in [6.45, 7) is 0. The molecule has 220 valence electrons. The highest BCUT2D eigenvalue weighted by atomic mass is 14.2. The second-order valence-electron chi connectivity index (χ2n) is 11.0. The lowest BCUT2D eigenvalue weighted by atomic mass is 9.83. The van der Waals surface area contributed by atoms with Gasteiger partial charge in [0.25, 0.3) is 0 Å². The Morgan fingerprint density at radius 2 is 0.625 bits per heavy atom. The van der Waals surface area contributed by atoms with Crippen molar-refractivity contribution in [2.24, 2.45) is 0 Å². The number of rotatable bonds is 2. The van der Waals surface area contributed by atoms with E-state index in [0.29, 0.717) is 0 Å². The van der Waals surface area contributed by atoms with Gasteiger partial charge in [0.05, 0.1) is 38.4 Å². The van der Waals surface area contributed by atoms with E-state index in [1.54, 1.807) is 0 Å². The molecule has 11 aromatic carbocycles. The Bertz CT molecular complexity index is 4600. The van der Waals surface area contributed by atoms with Gasteiger partial charge in [-0.25, -0.2) is 0 Å². The lowest BCUT2D eigenvalue weighted by Gasteiger charge is -2.20. The van der Waals surface area contributed by atoms with E-state index in [1.165, 1.54) is 0 Å². The molecule has 0 radical (unpaired) electrons. The van der Waals surface area contributed by atoms with Crippen LogP contribution in [0, 0.1) is 0 Å². The third kappa shape index (κ3) is 3.44. The number of hydrogen-bond donors (Lipinski definition) is 0. The van der Waals surface area contributed by atoms with Gasteiger partial charge in [0.1, 0.15) is 0 Å². The minimum absolute atomic E-state index is 0.454. The highest BCUT2D eigenvalue weighted by Crippen LogP contribution is 2.48. The van der Waals surface area contributed by atoms with Gasteiger partial charge in [0, 0.05) is 0 Å². The first-order chi connectivity index (χ1) is 35.5. The first-order valence-electron chi connectivity index (χ1n) is 28.5. The maximum Gasteiger partial charge on any atom is 0.0636 e. The molecule has 0 aliphatic heterocycles. The molecule has 0 heterocycles. The van der Waals surface area contributed by atoms with E-state index < -0.39 is 278 Å². The SMILES string of the molecule is [2H]c1c([2H])c([2H])c(-c2c3c([2H])c([2H])c([2H])c([2H])c3c(-c3c([2H])c4c([2H])c([2H])c5c([2H])c([2H])c([2H])c6c7c([2H])c([2H])c([2H])c8c([2H])c([2H])c9c([2H])c([2H])c([2H])c(c(c3[2H])c4c56)c9c87)c3c([2H])c([2H])c([2H])c([2H])c23)c([2H])c1[2H]. The fourth-order valence-electron chi connectivity index (χ4n) is 6.75. The predicted molar refractivity (Wildman–Crippen MR) is 209 cm³/mol. The summed E-state index contributed by atoms with van der Waals surface area (Å²) in [4.78, 5) is 0. The molecule has 48 heavy (non-hydrogen) atoms. The Labute approximate surface area is 316 Å². The summed E-state index contributed by atoms with van der Waals surface area (Å²) in [7, 11) is 0. The summed E-state index contributed by atoms with van der Waals surface area (Å²) in [5.41, 5.74) is -3.11. The Morgan fingerprint density at radius 1 is 0.250 bits per heavy atom. The quantitative estimate of drug-likeness (QED) is 0.131. The second kappa shape index (κ2) is 9.64. The number of fused-ring (bicyclic) bond motifs is 4. The van der Waals surface area contributed by atoms with E-state index >= 15 is 0 Å². The van der Waals surface area contributed by atoms with Gasteiger partial charge in [-0.3, -0.25) is 0 Å². The maximum atomic E-state index is 10.5. The van der Waals surface area contributed by atoms with Crippen LogP contribution in [0.4, 0.5) is 0 Å². The first kappa shape index (κ1) is 10.9. The smallest absolute Gasteiger partial charge is 0.0622 e. The van der Waals surface area contributed by atoms with E-state index in [1.807, 2.05) is 0 Å². The van der Waals surface area contributed by atoms with Crippen molar-refractivity contribution in [3.05, 3.63) is 169 Å². The predicted octanol–water partition coefficient (Wildman–Crippen LogP) is 13.7. The minimum atomic E-state index is -1.02. The van der Waals surface area contributed by atoms with Gasteiger partial charge in [-0.15, -0.1) is 0 Å². The van der Waals surface area contributed by atoms with E-state index in [4.69, 9.17) is 16.4 Å². The fourth-order valence-corrected chi connectivity index (χ4v) is 6.75. The van der Waals surface area contributed by atoms with E-state index in [9.17, 15) is 21.9 Å². The molecule has 0 fully saturated rings. The van der Waals surface area contributed by atoms with Gasteiger partial charge in [-0.2, -0.15) is 0 Å². The molecule has 0 nitrogen and oxygen atoms in total. The van der Waals surface area contributed by atoms with Gasteiger partial charge in [-0.05, 0) is 121 Å². The number of hydrogen-bond acceptors (Lipinski definition) is 0. The average Bonchev–Trinajstić information content (AvgIpc) is 3.38. The van der Waals surface area contributed by atoms with Crippen molar-refractivity contribution in [2.45, 2.75) is 0 Å². The standard InChI is InChI=1S/C48H28/c1-2-11-29(12-3-1)43-35-16-4-6-18-37(35)44(38-19-7-5-17-36(38)43)34-27-33-26-25-32-14-9-21-40-39-20-8-13-30-23-24-31-15-10-22-41(47(31)45(30)39)42(28-34)48(33)46(32)40/h1-28H/i1D,2D,3D,4D,5D,6D,7D,8D,9D,10D,11D,12D,13D,14D,15D,16D,17D,18D,19D,20D,21D,22D,23D,24D,25D,26D,27D,28D. The van der Waals surface area contributed by atoms with Crippen molar-refractivity contribution in [3.8, 4) is 22.3 Å². The van der Waals surface area contributed by atoms with Gasteiger partial charge < -0.3 is 0 Å². The normalized spacial score (nSPS) is 20.3. The summed E-state index contributed by atoms with van der Waals surface area (Å²) in [6.07, 6.45) is 0. The van der Waals surface area contributed by atoms with Crippen LogP contribution in [0.15, 0.2) is 169 Å². The highest BCUT2D eigenvalue weighted by Gasteiger charge is 2.20. The van der Waals surface area contributed by atoms with E-state index in [0.717, 1.165) is 0 Å². The maximum absolute atomic E-state index is 10.5. The second-order valence-corrected chi connectivity index (χ2v) is 11.0. The van der Waals surface area contributed by atoms with Crippen LogP contribution >= 0.6 is 0 Å². The lowest BCUT2D eigenvalue weighted by Crippen LogP contribution is -1.92. The molecule has 0 aromatic heterocycles. The van der Waals surface area contributed by atoms with Crippen molar-refractivity contribution in [1.29, 1.82) is 0 Å². The van der Waals surface area contributed by atoms with Crippen LogP contribution in [-0.2, 0) is 0 Å². The van der Waals surface area contributed by atoms with Crippen molar-refractivity contribution >= 4 is 86.2 Å². The van der Waals surface area contributed by atoms with E-state index in [-0.39, 0.29) is 0 Å². The van der Waals surface area contributed by atoms with Crippen LogP contribution in [0.25, 0.3) is 108 Å². The Hall–Kier alpha value is -6.24. The summed E-state index contributed by atoms with van der Waals surface area (Å²) in [5.74, 6) is 0. The molecule has 0 amide bonds. The molecular weight excluding hydrogens is 577 g/mol. The molecule has 0 aliphatic rings. The van der Waals surface area contributed by atoms with Crippen molar-refractivity contribution in [2.75, 3.05) is 0 Å². The van der Waals surface area contributed by atoms with Gasteiger partial charge in [0.2, 0.25) is 0 Å². The van der Waals surface area contributed by atoms with Crippen LogP contribution in [0.5, 0.6) is 0 Å². The molecule has 0 N–H and O–H groups in total. The van der Waals surface area contributed by atoms with Gasteiger partial charge in [0.15, 0.2) is 0 Å². The molecule has 11 aromatic rings. The lowest BCUT2D eigenvalue weighted by molar-refractivity contribution is 1.66. The summed E-state index contributed by atoms with van der Waals surface area (Å²) < 4.78 is 259. The van der Waals surface area contributed by atoms with Crippen LogP contribution in [0.3, 0.4) is 0 Å². The summed E-state index contributed by atoms with van der Waals surface area (Å²) in [6, 6.07) is -26.1. The van der Waals surface area contributed by atoms with Crippen LogP contribution < -0.4 is 0 Å². The van der Waals surface area contributed by atoms with Crippen LogP contribution in [0.1, 0.15) is 38.4 Å². The molecule has 0 saturated carbocycles. The molecule has 0 spiro atoms. The zero-order valence-corrected chi connectivity index (χ0v) is 24.0. The molecular formula is C48H28. The molecule has 0 saturated heterocycles. The minimum Gasteiger partial charge on any atom is -0.0622 e. The average molecular weight is 633 g/mol. The molecule has 0 heteroatoms. The molecule has 11 rings (SSSR count). The summed E-state index contributed by atoms with van der Waals surface area (Å²) in [5, 5.41) is -9.78. The molecule has 0 unspecified atom stereocenters. The van der Waals surface area contributed by atoms with Crippen molar-refractivity contribution < 1.29 is 38.4 Å². The zero-order valence-electron chi connectivity index (χ0n) is 52.0. The Balaban J connectivity index is 1.62. The largest absolute Gasteiger partial charge is 0.0636 e. The summed E-state index contributed by atoms with van der Waals surface area (Å²) >= 11 is 0.